The Labute approximate surface area is 220 Å². The Hall–Kier alpha value is -4.42. The number of carbonyl (C=O) groups excluding carboxylic acids is 2. The van der Waals surface area contributed by atoms with Crippen LogP contribution in [0.1, 0.15) is 11.1 Å². The van der Waals surface area contributed by atoms with Crippen molar-refractivity contribution < 1.29 is 26.4 Å². The molecule has 4 N–H and O–H groups in total. The minimum Gasteiger partial charge on any atom is -0.307 e. The number of urea groups is 2. The molecule has 0 aliphatic carbocycles. The van der Waals surface area contributed by atoms with E-state index in [1.807, 2.05) is 9.44 Å². The Bertz CT molecular complexity index is 1550. The Balaban J connectivity index is 1.45. The summed E-state index contributed by atoms with van der Waals surface area (Å²) >= 11 is 0. The first-order valence-corrected chi connectivity index (χ1v) is 14.6. The van der Waals surface area contributed by atoms with Crippen molar-refractivity contribution >= 4 is 54.3 Å². The molecule has 0 saturated heterocycles. The van der Waals surface area contributed by atoms with Gasteiger partial charge < -0.3 is 10.6 Å². The smallest absolute Gasteiger partial charge is 0.307 e. The van der Waals surface area contributed by atoms with Gasteiger partial charge in [-0.3, -0.25) is 0 Å². The van der Waals surface area contributed by atoms with E-state index in [9.17, 15) is 26.4 Å². The third-order valence-corrected chi connectivity index (χ3v) is 7.73. The molecule has 0 atom stereocenters. The van der Waals surface area contributed by atoms with Gasteiger partial charge >= 0.3 is 12.1 Å². The van der Waals surface area contributed by atoms with E-state index in [1.165, 1.54) is 0 Å². The molecule has 38 heavy (non-hydrogen) atoms. The van der Waals surface area contributed by atoms with E-state index in [1.54, 1.807) is 97.1 Å². The predicted molar refractivity (Wildman–Crippen MR) is 146 cm³/mol. The summed E-state index contributed by atoms with van der Waals surface area (Å²) < 4.78 is 53.5. The van der Waals surface area contributed by atoms with Crippen LogP contribution in [-0.4, -0.2) is 28.9 Å². The first kappa shape index (κ1) is 26.6. The van der Waals surface area contributed by atoms with E-state index < -0.39 is 32.1 Å². The van der Waals surface area contributed by atoms with Crippen molar-refractivity contribution in [1.29, 1.82) is 0 Å². The summed E-state index contributed by atoms with van der Waals surface area (Å²) in [5.74, 6) is -0.736. The molecule has 0 fully saturated rings. The normalized spacial score (nSPS) is 11.5. The summed E-state index contributed by atoms with van der Waals surface area (Å²) in [6.45, 7) is 0. The molecule has 0 heterocycles. The van der Waals surface area contributed by atoms with Crippen molar-refractivity contribution in [3.05, 3.63) is 108 Å². The van der Waals surface area contributed by atoms with Gasteiger partial charge in [0, 0.05) is 10.8 Å². The van der Waals surface area contributed by atoms with Gasteiger partial charge in [-0.1, -0.05) is 84.9 Å². The van der Waals surface area contributed by atoms with Crippen molar-refractivity contribution in [2.75, 3.05) is 10.6 Å². The number of carbonyl (C=O) groups is 2. The number of hydrogen-bond donors (Lipinski definition) is 4. The number of nitrogens with one attached hydrogen (secondary N) is 4. The topological polar surface area (TPSA) is 151 Å². The lowest BCUT2D eigenvalue weighted by Gasteiger charge is -2.14. The molecule has 4 aromatic rings. The number of sulfonamides is 2. The van der Waals surface area contributed by atoms with Crippen molar-refractivity contribution in [3.8, 4) is 0 Å². The van der Waals surface area contributed by atoms with Crippen LogP contribution in [0.3, 0.4) is 0 Å². The molecule has 4 rings (SSSR count). The van der Waals surface area contributed by atoms with E-state index >= 15 is 0 Å². The number of rotatable bonds is 8. The number of hydrogen-bond acceptors (Lipinski definition) is 6. The molecule has 12 heteroatoms. The summed E-state index contributed by atoms with van der Waals surface area (Å²) in [7, 11) is -7.91. The number of fused-ring (bicyclic) bond motifs is 1. The number of anilines is 2. The van der Waals surface area contributed by atoms with E-state index in [4.69, 9.17) is 0 Å². The molecule has 0 aliphatic rings. The molecule has 10 nitrogen and oxygen atoms in total. The Morgan fingerprint density at radius 2 is 0.868 bits per heavy atom. The Kier molecular flexibility index (Phi) is 7.93. The van der Waals surface area contributed by atoms with E-state index in [2.05, 4.69) is 10.6 Å². The SMILES string of the molecule is O=C(Nc1cccc2c(NC(=O)NS(=O)(=O)Cc3ccccc3)cccc12)NS(=O)(=O)Cc1ccccc1. The van der Waals surface area contributed by atoms with Gasteiger partial charge in [0.2, 0.25) is 20.0 Å². The molecule has 0 radical (unpaired) electrons. The molecule has 0 aliphatic heterocycles. The molecule has 4 aromatic carbocycles. The lowest BCUT2D eigenvalue weighted by Crippen LogP contribution is -2.35. The van der Waals surface area contributed by atoms with Gasteiger partial charge in [-0.15, -0.1) is 0 Å². The van der Waals surface area contributed by atoms with Crippen LogP contribution in [0.25, 0.3) is 10.8 Å². The molecule has 0 spiro atoms. The van der Waals surface area contributed by atoms with Crippen molar-refractivity contribution in [1.82, 2.24) is 9.44 Å². The lowest BCUT2D eigenvalue weighted by atomic mass is 10.1. The van der Waals surface area contributed by atoms with Crippen molar-refractivity contribution in [2.45, 2.75) is 11.5 Å². The average molecular weight is 553 g/mol. The predicted octanol–water partition coefficient (Wildman–Crippen LogP) is 4.14. The highest BCUT2D eigenvalue weighted by Gasteiger charge is 2.18. The molecular formula is C26H24N4O6S2. The molecule has 0 bridgehead atoms. The largest absolute Gasteiger partial charge is 0.332 e. The zero-order valence-corrected chi connectivity index (χ0v) is 21.6. The highest BCUT2D eigenvalue weighted by atomic mass is 32.2. The standard InChI is InChI=1S/C26H24N4O6S2/c31-25(29-37(33,34)17-19-9-3-1-4-10-19)27-23-15-7-14-22-21(23)13-8-16-24(22)28-26(32)30-38(35,36)18-20-11-5-2-6-12-20/h1-16H,17-18H2,(H2,27,29,31)(H2,28,30,32). The van der Waals surface area contributed by atoms with E-state index in [0.717, 1.165) is 0 Å². The van der Waals surface area contributed by atoms with Crippen LogP contribution in [-0.2, 0) is 31.6 Å². The van der Waals surface area contributed by atoms with Gasteiger partial charge in [-0.25, -0.2) is 35.9 Å². The van der Waals surface area contributed by atoms with Crippen LogP contribution in [0.15, 0.2) is 97.1 Å². The van der Waals surface area contributed by atoms with Gasteiger partial charge in [-0.05, 0) is 23.3 Å². The van der Waals surface area contributed by atoms with Gasteiger partial charge in [0.05, 0.1) is 22.9 Å². The summed E-state index contributed by atoms with van der Waals surface area (Å²) in [6, 6.07) is 24.6. The quantitative estimate of drug-likeness (QED) is 0.258. The van der Waals surface area contributed by atoms with Crippen molar-refractivity contribution in [2.24, 2.45) is 0 Å². The number of amides is 4. The van der Waals surface area contributed by atoms with E-state index in [-0.39, 0.29) is 22.9 Å². The fourth-order valence-corrected chi connectivity index (χ4v) is 5.84. The maximum Gasteiger partial charge on any atom is 0.332 e. The summed E-state index contributed by atoms with van der Waals surface area (Å²) in [6.07, 6.45) is 0. The van der Waals surface area contributed by atoms with Crippen LogP contribution in [0.4, 0.5) is 21.0 Å². The molecular weight excluding hydrogens is 528 g/mol. The lowest BCUT2D eigenvalue weighted by molar-refractivity contribution is 0.255. The zero-order valence-electron chi connectivity index (χ0n) is 19.9. The third kappa shape index (κ3) is 7.31. The van der Waals surface area contributed by atoms with Crippen LogP contribution >= 0.6 is 0 Å². The van der Waals surface area contributed by atoms with Gasteiger partial charge in [0.1, 0.15) is 0 Å². The minimum atomic E-state index is -3.96. The molecule has 196 valence electrons. The summed E-state index contributed by atoms with van der Waals surface area (Å²) in [5, 5.41) is 6.03. The molecule has 0 unspecified atom stereocenters. The summed E-state index contributed by atoms with van der Waals surface area (Å²) in [5.41, 5.74) is 1.63. The molecule has 0 aromatic heterocycles. The second-order valence-corrected chi connectivity index (χ2v) is 11.8. The number of benzene rings is 4. The van der Waals surface area contributed by atoms with Crippen LogP contribution in [0, 0.1) is 0 Å². The minimum absolute atomic E-state index is 0.288. The first-order chi connectivity index (χ1) is 18.1. The van der Waals surface area contributed by atoms with Crippen LogP contribution in [0.5, 0.6) is 0 Å². The highest BCUT2D eigenvalue weighted by molar-refractivity contribution is 7.89. The van der Waals surface area contributed by atoms with Crippen LogP contribution in [0.2, 0.25) is 0 Å². The highest BCUT2D eigenvalue weighted by Crippen LogP contribution is 2.29. The first-order valence-electron chi connectivity index (χ1n) is 11.3. The van der Waals surface area contributed by atoms with E-state index in [0.29, 0.717) is 21.9 Å². The Morgan fingerprint density at radius 1 is 0.500 bits per heavy atom. The molecule has 4 amide bonds. The maximum absolute atomic E-state index is 12.5. The van der Waals surface area contributed by atoms with Gasteiger partial charge in [-0.2, -0.15) is 0 Å². The second-order valence-electron chi connectivity index (χ2n) is 8.31. The Morgan fingerprint density at radius 3 is 1.24 bits per heavy atom. The fraction of sp³-hybridized carbons (Fsp3) is 0.0769. The van der Waals surface area contributed by atoms with Crippen molar-refractivity contribution in [3.63, 3.8) is 0 Å². The fourth-order valence-electron chi connectivity index (χ4n) is 3.77. The van der Waals surface area contributed by atoms with Gasteiger partial charge in [0.25, 0.3) is 0 Å². The summed E-state index contributed by atoms with van der Waals surface area (Å²) in [4.78, 5) is 25.0. The van der Waals surface area contributed by atoms with Gasteiger partial charge in [0.15, 0.2) is 0 Å². The molecule has 0 saturated carbocycles. The van der Waals surface area contributed by atoms with Crippen LogP contribution < -0.4 is 20.1 Å². The monoisotopic (exact) mass is 552 g/mol. The average Bonchev–Trinajstić information content (AvgIpc) is 2.84. The maximum atomic E-state index is 12.5. The zero-order chi connectivity index (χ0) is 27.2. The third-order valence-electron chi connectivity index (χ3n) is 5.31. The second kappa shape index (κ2) is 11.3.